The third-order valence-electron chi connectivity index (χ3n) is 6.80. The summed E-state index contributed by atoms with van der Waals surface area (Å²) in [7, 11) is 1.09. The van der Waals surface area contributed by atoms with Crippen LogP contribution in [0, 0.1) is 6.92 Å². The van der Waals surface area contributed by atoms with E-state index in [0.29, 0.717) is 30.1 Å². The number of hydrogen-bond acceptors (Lipinski definition) is 7. The molecule has 0 atom stereocenters. The molecule has 0 saturated heterocycles. The lowest BCUT2D eigenvalue weighted by Gasteiger charge is -2.32. The van der Waals surface area contributed by atoms with E-state index < -0.39 is 10.0 Å². The number of aromatic nitrogens is 3. The Hall–Kier alpha value is -2.78. The Morgan fingerprint density at radius 2 is 1.88 bits per heavy atom. The summed E-state index contributed by atoms with van der Waals surface area (Å²) in [5, 5.41) is 3.52. The number of sulfonamides is 1. The summed E-state index contributed by atoms with van der Waals surface area (Å²) in [5.74, 6) is 0.767. The van der Waals surface area contributed by atoms with Crippen molar-refractivity contribution in [3.63, 3.8) is 0 Å². The third kappa shape index (κ3) is 4.65. The molecular formula is C24H30N6O2S. The number of rotatable bonds is 4. The molecule has 1 fully saturated rings. The summed E-state index contributed by atoms with van der Waals surface area (Å²) in [5.41, 5.74) is 6.08. The van der Waals surface area contributed by atoms with E-state index in [1.165, 1.54) is 12.8 Å². The average Bonchev–Trinajstić information content (AvgIpc) is 2.79. The summed E-state index contributed by atoms with van der Waals surface area (Å²) < 4.78 is 26.2. The number of pyridine rings is 1. The van der Waals surface area contributed by atoms with E-state index >= 15 is 0 Å². The maximum absolute atomic E-state index is 11.8. The molecule has 1 aliphatic heterocycles. The zero-order valence-electron chi connectivity index (χ0n) is 19.3. The quantitative estimate of drug-likeness (QED) is 0.606. The molecule has 3 heterocycles. The van der Waals surface area contributed by atoms with Gasteiger partial charge in [0.1, 0.15) is 5.52 Å². The zero-order chi connectivity index (χ0) is 23.2. The number of anilines is 2. The molecule has 0 spiro atoms. The number of benzene rings is 1. The van der Waals surface area contributed by atoms with Crippen LogP contribution in [-0.4, -0.2) is 60.2 Å². The lowest BCUT2D eigenvalue weighted by Crippen LogP contribution is -2.36. The molecular weight excluding hydrogens is 436 g/mol. The fraction of sp³-hybridized carbons (Fsp3) is 0.458. The molecule has 2 N–H and O–H groups in total. The first-order valence-corrected chi connectivity index (χ1v) is 13.1. The van der Waals surface area contributed by atoms with Gasteiger partial charge in [0, 0.05) is 17.6 Å². The van der Waals surface area contributed by atoms with Crippen molar-refractivity contribution >= 4 is 32.7 Å². The predicted octanol–water partition coefficient (Wildman–Crippen LogP) is 3.58. The highest BCUT2D eigenvalue weighted by atomic mass is 32.2. The largest absolute Gasteiger partial charge is 0.351 e. The number of aryl methyl sites for hydroxylation is 2. The van der Waals surface area contributed by atoms with Crippen LogP contribution in [0.15, 0.2) is 30.5 Å². The highest BCUT2D eigenvalue weighted by Gasteiger charge is 2.23. The maximum Gasteiger partial charge on any atom is 0.233 e. The minimum atomic E-state index is -3.22. The second-order valence-corrected chi connectivity index (χ2v) is 11.2. The van der Waals surface area contributed by atoms with Gasteiger partial charge in [-0.3, -0.25) is 4.72 Å². The monoisotopic (exact) mass is 466 g/mol. The smallest absolute Gasteiger partial charge is 0.233 e. The first-order valence-electron chi connectivity index (χ1n) is 11.5. The second-order valence-electron chi connectivity index (χ2n) is 9.41. The van der Waals surface area contributed by atoms with Crippen LogP contribution in [0.1, 0.15) is 36.8 Å². The highest BCUT2D eigenvalue weighted by Crippen LogP contribution is 2.30. The molecule has 0 bridgehead atoms. The molecule has 8 nitrogen and oxygen atoms in total. The van der Waals surface area contributed by atoms with Gasteiger partial charge < -0.3 is 10.2 Å². The van der Waals surface area contributed by atoms with Gasteiger partial charge in [-0.05, 0) is 82.4 Å². The predicted molar refractivity (Wildman–Crippen MR) is 132 cm³/mol. The van der Waals surface area contributed by atoms with Crippen LogP contribution in [0.4, 0.5) is 11.6 Å². The fourth-order valence-electron chi connectivity index (χ4n) is 4.84. The Bertz CT molecular complexity index is 1300. The topological polar surface area (TPSA) is 100 Å². The van der Waals surface area contributed by atoms with Crippen molar-refractivity contribution in [3.8, 4) is 11.3 Å². The number of nitrogens with one attached hydrogen (secondary N) is 2. The Morgan fingerprint density at radius 1 is 1.09 bits per heavy atom. The van der Waals surface area contributed by atoms with Crippen molar-refractivity contribution < 1.29 is 8.42 Å². The van der Waals surface area contributed by atoms with Crippen LogP contribution in [0.25, 0.3) is 22.3 Å². The SMILES string of the molecule is Cc1cc(-c2ccc3c(c2)CCS(=O)(=O)N3)nc2cnc(N[C@H]3CC[C@H](N(C)C)CC3)nc12. The first kappa shape index (κ1) is 22.0. The van der Waals surface area contributed by atoms with Gasteiger partial charge in [-0.15, -0.1) is 0 Å². The highest BCUT2D eigenvalue weighted by molar-refractivity contribution is 7.92. The molecule has 33 heavy (non-hydrogen) atoms. The van der Waals surface area contributed by atoms with Crippen LogP contribution in [-0.2, 0) is 16.4 Å². The van der Waals surface area contributed by atoms with Gasteiger partial charge in [0.05, 0.1) is 28.8 Å². The van der Waals surface area contributed by atoms with Crippen molar-refractivity contribution in [2.45, 2.75) is 51.1 Å². The summed E-state index contributed by atoms with van der Waals surface area (Å²) in [6, 6.07) is 8.84. The fourth-order valence-corrected chi connectivity index (χ4v) is 5.97. The van der Waals surface area contributed by atoms with Gasteiger partial charge in [0.2, 0.25) is 16.0 Å². The Balaban J connectivity index is 1.37. The molecule has 0 amide bonds. The molecule has 0 radical (unpaired) electrons. The van der Waals surface area contributed by atoms with Gasteiger partial charge >= 0.3 is 0 Å². The van der Waals surface area contributed by atoms with Crippen LogP contribution in [0.2, 0.25) is 0 Å². The summed E-state index contributed by atoms with van der Waals surface area (Å²) >= 11 is 0. The summed E-state index contributed by atoms with van der Waals surface area (Å²) in [6.45, 7) is 2.04. The zero-order valence-corrected chi connectivity index (χ0v) is 20.1. The van der Waals surface area contributed by atoms with Crippen molar-refractivity contribution in [3.05, 3.63) is 41.6 Å². The Morgan fingerprint density at radius 3 is 2.64 bits per heavy atom. The third-order valence-corrected chi connectivity index (χ3v) is 8.08. The van der Waals surface area contributed by atoms with Gasteiger partial charge in [0.25, 0.3) is 0 Å². The molecule has 1 saturated carbocycles. The van der Waals surface area contributed by atoms with Gasteiger partial charge in [0.15, 0.2) is 0 Å². The van der Waals surface area contributed by atoms with E-state index in [4.69, 9.17) is 9.97 Å². The van der Waals surface area contributed by atoms with Gasteiger partial charge in [-0.25, -0.2) is 23.4 Å². The van der Waals surface area contributed by atoms with Crippen molar-refractivity contribution in [2.24, 2.45) is 0 Å². The molecule has 1 aliphatic carbocycles. The van der Waals surface area contributed by atoms with E-state index in [0.717, 1.165) is 46.3 Å². The lowest BCUT2D eigenvalue weighted by atomic mass is 9.91. The molecule has 174 valence electrons. The Labute approximate surface area is 194 Å². The van der Waals surface area contributed by atoms with E-state index in [1.807, 2.05) is 31.2 Å². The van der Waals surface area contributed by atoms with Gasteiger partial charge in [-0.1, -0.05) is 6.07 Å². The summed E-state index contributed by atoms with van der Waals surface area (Å²) in [6.07, 6.45) is 6.90. The molecule has 1 aromatic carbocycles. The van der Waals surface area contributed by atoms with E-state index in [-0.39, 0.29) is 5.75 Å². The number of nitrogens with zero attached hydrogens (tertiary/aromatic N) is 4. The lowest BCUT2D eigenvalue weighted by molar-refractivity contribution is 0.221. The molecule has 5 rings (SSSR count). The molecule has 2 aliphatic rings. The van der Waals surface area contributed by atoms with Gasteiger partial charge in [-0.2, -0.15) is 0 Å². The van der Waals surface area contributed by atoms with E-state index in [9.17, 15) is 8.42 Å². The first-order chi connectivity index (χ1) is 15.8. The van der Waals surface area contributed by atoms with Crippen LogP contribution >= 0.6 is 0 Å². The van der Waals surface area contributed by atoms with Crippen molar-refractivity contribution in [1.82, 2.24) is 19.9 Å². The Kier molecular flexibility index (Phi) is 5.70. The average molecular weight is 467 g/mol. The van der Waals surface area contributed by atoms with Crippen molar-refractivity contribution in [1.29, 1.82) is 0 Å². The number of hydrogen-bond donors (Lipinski definition) is 2. The van der Waals surface area contributed by atoms with Crippen LogP contribution in [0.3, 0.4) is 0 Å². The molecule has 9 heteroatoms. The summed E-state index contributed by atoms with van der Waals surface area (Å²) in [4.78, 5) is 16.4. The molecule has 0 unspecified atom stereocenters. The van der Waals surface area contributed by atoms with Crippen LogP contribution in [0.5, 0.6) is 0 Å². The number of fused-ring (bicyclic) bond motifs is 2. The molecule has 2 aromatic heterocycles. The maximum atomic E-state index is 11.8. The minimum Gasteiger partial charge on any atom is -0.351 e. The van der Waals surface area contributed by atoms with Crippen molar-refractivity contribution in [2.75, 3.05) is 29.9 Å². The second kappa shape index (κ2) is 8.53. The van der Waals surface area contributed by atoms with Crippen LogP contribution < -0.4 is 10.0 Å². The minimum absolute atomic E-state index is 0.105. The van der Waals surface area contributed by atoms with E-state index in [2.05, 4.69) is 34.0 Å². The standard InChI is InChI=1S/C24H30N6O2S/c1-15-12-21(16-4-9-20-17(13-16)10-11-33(31,32)29-20)27-22-14-25-24(28-23(15)22)26-18-5-7-19(8-6-18)30(2)3/h4,9,12-14,18-19,29H,5-8,10-11H2,1-3H3,(H,25,26,28)/t18-,19-. The molecule has 3 aromatic rings. The normalized spacial score (nSPS) is 22.1. The van der Waals surface area contributed by atoms with E-state index in [1.54, 1.807) is 6.20 Å².